The summed E-state index contributed by atoms with van der Waals surface area (Å²) in [5.74, 6) is 2.38. The molecule has 4 heteroatoms. The van der Waals surface area contributed by atoms with E-state index in [1.165, 1.54) is 5.56 Å². The van der Waals surface area contributed by atoms with Crippen LogP contribution >= 0.6 is 15.9 Å². The molecule has 0 aromatic carbocycles. The van der Waals surface area contributed by atoms with Crippen LogP contribution in [0.5, 0.6) is 0 Å². The molecule has 0 atom stereocenters. The molecule has 1 heterocycles. The predicted octanol–water partition coefficient (Wildman–Crippen LogP) is 4.07. The van der Waals surface area contributed by atoms with Gasteiger partial charge in [0.1, 0.15) is 5.82 Å². The summed E-state index contributed by atoms with van der Waals surface area (Å²) in [5.41, 5.74) is 1.27. The molecule has 0 radical (unpaired) electrons. The molecular weight excluding hydrogens is 314 g/mol. The van der Waals surface area contributed by atoms with E-state index in [-0.39, 0.29) is 0 Å². The highest BCUT2D eigenvalue weighted by Gasteiger charge is 2.15. The molecule has 0 unspecified atom stereocenters. The summed E-state index contributed by atoms with van der Waals surface area (Å²) in [6, 6.07) is 2.18. The van der Waals surface area contributed by atoms with Gasteiger partial charge in [-0.3, -0.25) is 0 Å². The molecule has 1 N–H and O–H groups in total. The molecular formula is C16H28BrN3. The normalized spacial score (nSPS) is 11.4. The van der Waals surface area contributed by atoms with Gasteiger partial charge in [-0.25, -0.2) is 4.98 Å². The van der Waals surface area contributed by atoms with Crippen molar-refractivity contribution in [3.05, 3.63) is 22.3 Å². The zero-order chi connectivity index (χ0) is 15.1. The van der Waals surface area contributed by atoms with Crippen LogP contribution in [-0.4, -0.2) is 24.6 Å². The molecule has 20 heavy (non-hydrogen) atoms. The Hall–Kier alpha value is -0.610. The fraction of sp³-hybridized carbons (Fsp3) is 0.688. The Kier molecular flexibility index (Phi) is 7.52. The minimum absolute atomic E-state index is 0.631. The quantitative estimate of drug-likeness (QED) is 0.772. The van der Waals surface area contributed by atoms with Crippen molar-refractivity contribution in [2.45, 2.75) is 41.2 Å². The number of anilines is 1. The first-order chi connectivity index (χ1) is 9.43. The third-order valence-electron chi connectivity index (χ3n) is 2.95. The molecule has 1 rings (SSSR count). The van der Waals surface area contributed by atoms with Gasteiger partial charge < -0.3 is 10.2 Å². The Balaban J connectivity index is 3.03. The second kappa shape index (κ2) is 8.63. The van der Waals surface area contributed by atoms with Crippen molar-refractivity contribution in [2.24, 2.45) is 11.8 Å². The highest BCUT2D eigenvalue weighted by molar-refractivity contribution is 9.10. The zero-order valence-corrected chi connectivity index (χ0v) is 15.0. The summed E-state index contributed by atoms with van der Waals surface area (Å²) in [5, 5.41) is 3.41. The number of hydrogen-bond donors (Lipinski definition) is 1. The van der Waals surface area contributed by atoms with E-state index in [1.807, 2.05) is 6.20 Å². The van der Waals surface area contributed by atoms with Crippen LogP contribution in [0.1, 0.15) is 40.2 Å². The van der Waals surface area contributed by atoms with E-state index in [0.29, 0.717) is 11.8 Å². The topological polar surface area (TPSA) is 28.2 Å². The molecule has 0 saturated heterocycles. The van der Waals surface area contributed by atoms with Crippen molar-refractivity contribution in [3.63, 3.8) is 0 Å². The first-order valence-electron chi connectivity index (χ1n) is 7.54. The van der Waals surface area contributed by atoms with E-state index in [2.05, 4.69) is 71.8 Å². The molecule has 1 aromatic heterocycles. The fourth-order valence-electron chi connectivity index (χ4n) is 2.28. The van der Waals surface area contributed by atoms with Gasteiger partial charge in [0.15, 0.2) is 0 Å². The van der Waals surface area contributed by atoms with E-state index in [4.69, 9.17) is 0 Å². The first-order valence-corrected chi connectivity index (χ1v) is 8.33. The second-order valence-corrected chi connectivity index (χ2v) is 7.02. The van der Waals surface area contributed by atoms with E-state index in [1.54, 1.807) is 0 Å². The maximum absolute atomic E-state index is 4.68. The van der Waals surface area contributed by atoms with Gasteiger partial charge in [0.05, 0.1) is 0 Å². The van der Waals surface area contributed by atoms with E-state index in [9.17, 15) is 0 Å². The molecule has 0 amide bonds. The number of pyridine rings is 1. The van der Waals surface area contributed by atoms with Gasteiger partial charge in [-0.15, -0.1) is 0 Å². The number of rotatable bonds is 8. The highest BCUT2D eigenvalue weighted by atomic mass is 79.9. The van der Waals surface area contributed by atoms with Crippen LogP contribution < -0.4 is 10.2 Å². The molecule has 0 bridgehead atoms. The summed E-state index contributed by atoms with van der Waals surface area (Å²) < 4.78 is 1.04. The highest BCUT2D eigenvalue weighted by Crippen LogP contribution is 2.23. The summed E-state index contributed by atoms with van der Waals surface area (Å²) >= 11 is 3.53. The molecule has 0 aliphatic carbocycles. The lowest BCUT2D eigenvalue weighted by Gasteiger charge is -2.29. The summed E-state index contributed by atoms with van der Waals surface area (Å²) in [6.45, 7) is 15.1. The minimum atomic E-state index is 0.631. The summed E-state index contributed by atoms with van der Waals surface area (Å²) in [6.07, 6.45) is 1.90. The number of hydrogen-bond acceptors (Lipinski definition) is 3. The number of nitrogens with one attached hydrogen (secondary N) is 1. The lowest BCUT2D eigenvalue weighted by Crippen LogP contribution is -2.33. The van der Waals surface area contributed by atoms with Gasteiger partial charge in [-0.1, -0.05) is 34.6 Å². The molecule has 114 valence electrons. The Morgan fingerprint density at radius 3 is 2.30 bits per heavy atom. The Labute approximate surface area is 132 Å². The molecule has 3 nitrogen and oxygen atoms in total. The van der Waals surface area contributed by atoms with Crippen LogP contribution in [0.2, 0.25) is 0 Å². The summed E-state index contributed by atoms with van der Waals surface area (Å²) in [4.78, 5) is 7.10. The minimum Gasteiger partial charge on any atom is -0.356 e. The smallest absolute Gasteiger partial charge is 0.133 e. The van der Waals surface area contributed by atoms with Crippen LogP contribution in [0.3, 0.4) is 0 Å². The zero-order valence-electron chi connectivity index (χ0n) is 13.4. The fourth-order valence-corrected chi connectivity index (χ4v) is 2.66. The van der Waals surface area contributed by atoms with Crippen molar-refractivity contribution < 1.29 is 0 Å². The van der Waals surface area contributed by atoms with Crippen LogP contribution in [0, 0.1) is 11.8 Å². The van der Waals surface area contributed by atoms with Gasteiger partial charge in [0.2, 0.25) is 0 Å². The third kappa shape index (κ3) is 5.80. The van der Waals surface area contributed by atoms with Gasteiger partial charge in [-0.05, 0) is 40.4 Å². The monoisotopic (exact) mass is 341 g/mol. The van der Waals surface area contributed by atoms with Gasteiger partial charge in [0.25, 0.3) is 0 Å². The van der Waals surface area contributed by atoms with Crippen LogP contribution in [-0.2, 0) is 6.54 Å². The maximum atomic E-state index is 4.68. The standard InChI is InChI=1S/C16H28BrN3/c1-6-18-8-14-7-15(17)9-19-16(14)20(10-12(2)3)11-13(4)5/h7,9,12-13,18H,6,8,10-11H2,1-5H3. The molecule has 0 fully saturated rings. The number of aromatic nitrogens is 1. The SMILES string of the molecule is CCNCc1cc(Br)cnc1N(CC(C)C)CC(C)C. The predicted molar refractivity (Wildman–Crippen MR) is 91.2 cm³/mol. The van der Waals surface area contributed by atoms with Gasteiger partial charge in [-0.2, -0.15) is 0 Å². The van der Waals surface area contributed by atoms with Crippen molar-refractivity contribution in [3.8, 4) is 0 Å². The Bertz CT molecular complexity index is 395. The largest absolute Gasteiger partial charge is 0.356 e. The average molecular weight is 342 g/mol. The average Bonchev–Trinajstić information content (AvgIpc) is 2.34. The van der Waals surface area contributed by atoms with Gasteiger partial charge in [0, 0.05) is 35.9 Å². The van der Waals surface area contributed by atoms with Crippen LogP contribution in [0.15, 0.2) is 16.7 Å². The van der Waals surface area contributed by atoms with Crippen LogP contribution in [0.4, 0.5) is 5.82 Å². The number of halogens is 1. The third-order valence-corrected chi connectivity index (χ3v) is 3.38. The molecule has 1 aromatic rings. The van der Waals surface area contributed by atoms with E-state index < -0.39 is 0 Å². The van der Waals surface area contributed by atoms with Crippen molar-refractivity contribution in [1.82, 2.24) is 10.3 Å². The van der Waals surface area contributed by atoms with Crippen molar-refractivity contribution in [1.29, 1.82) is 0 Å². The maximum Gasteiger partial charge on any atom is 0.133 e. The lowest BCUT2D eigenvalue weighted by molar-refractivity contribution is 0.546. The lowest BCUT2D eigenvalue weighted by atomic mass is 10.1. The Morgan fingerprint density at radius 2 is 1.80 bits per heavy atom. The summed E-state index contributed by atoms with van der Waals surface area (Å²) in [7, 11) is 0. The molecule has 0 aliphatic rings. The molecule has 0 spiro atoms. The van der Waals surface area contributed by atoms with Crippen LogP contribution in [0.25, 0.3) is 0 Å². The second-order valence-electron chi connectivity index (χ2n) is 6.11. The van der Waals surface area contributed by atoms with E-state index >= 15 is 0 Å². The van der Waals surface area contributed by atoms with Crippen molar-refractivity contribution in [2.75, 3.05) is 24.5 Å². The van der Waals surface area contributed by atoms with Gasteiger partial charge >= 0.3 is 0 Å². The molecule has 0 aliphatic heterocycles. The first kappa shape index (κ1) is 17.4. The number of nitrogens with zero attached hydrogens (tertiary/aromatic N) is 2. The van der Waals surface area contributed by atoms with E-state index in [0.717, 1.165) is 36.5 Å². The Morgan fingerprint density at radius 1 is 1.20 bits per heavy atom. The van der Waals surface area contributed by atoms with Crippen molar-refractivity contribution >= 4 is 21.7 Å². The molecule has 0 saturated carbocycles.